The number of β-amino-alcohol motifs (C(OH)–C–C–N with tert-alkyl or cyclic N) is 1. The second-order valence-corrected chi connectivity index (χ2v) is 9.55. The Morgan fingerprint density at radius 2 is 1.68 bits per heavy atom. The Balaban J connectivity index is 1.23. The van der Waals surface area contributed by atoms with Crippen molar-refractivity contribution in [2.24, 2.45) is 0 Å². The van der Waals surface area contributed by atoms with Gasteiger partial charge in [-0.05, 0) is 72.6 Å². The fourth-order valence-electron chi connectivity index (χ4n) is 4.82. The summed E-state index contributed by atoms with van der Waals surface area (Å²) in [5.41, 5.74) is 5.06. The molecular formula is C29H28N4O5. The summed E-state index contributed by atoms with van der Waals surface area (Å²) in [6.07, 6.45) is 0.996. The van der Waals surface area contributed by atoms with Crippen molar-refractivity contribution >= 4 is 29.3 Å². The molecule has 194 valence electrons. The van der Waals surface area contributed by atoms with Crippen LogP contribution in [0.1, 0.15) is 58.1 Å². The third-order valence-corrected chi connectivity index (χ3v) is 6.87. The summed E-state index contributed by atoms with van der Waals surface area (Å²) < 4.78 is 0. The minimum atomic E-state index is -0.529. The third kappa shape index (κ3) is 5.06. The summed E-state index contributed by atoms with van der Waals surface area (Å²) in [5.74, 6) is -1.67. The van der Waals surface area contributed by atoms with E-state index in [4.69, 9.17) is 5.11 Å². The van der Waals surface area contributed by atoms with Crippen LogP contribution in [0.2, 0.25) is 0 Å². The molecule has 3 aromatic rings. The molecule has 5 rings (SSSR count). The Kier molecular flexibility index (Phi) is 7.04. The molecule has 0 radical (unpaired) electrons. The summed E-state index contributed by atoms with van der Waals surface area (Å²) in [6, 6.07) is 17.3. The van der Waals surface area contributed by atoms with E-state index in [-0.39, 0.29) is 42.3 Å². The molecular weight excluding hydrogens is 484 g/mol. The van der Waals surface area contributed by atoms with Gasteiger partial charge in [-0.2, -0.15) is 0 Å². The van der Waals surface area contributed by atoms with Crippen molar-refractivity contribution in [3.05, 3.63) is 99.6 Å². The topological polar surface area (TPSA) is 119 Å². The molecule has 4 amide bonds. The normalized spacial score (nSPS) is 14.7. The number of rotatable bonds is 7. The van der Waals surface area contributed by atoms with Gasteiger partial charge in [-0.3, -0.25) is 24.1 Å². The minimum Gasteiger partial charge on any atom is -0.395 e. The summed E-state index contributed by atoms with van der Waals surface area (Å²) in [4.78, 5) is 53.7. The molecule has 2 aliphatic rings. The summed E-state index contributed by atoms with van der Waals surface area (Å²) >= 11 is 0. The molecule has 0 unspecified atom stereocenters. The van der Waals surface area contributed by atoms with Crippen LogP contribution in [0.4, 0.5) is 5.69 Å². The SMILES string of the molecule is CN1CCc2ccc(NC(=O)c3cccc(CNC(=O)c4ccc5c(c4)C(=O)N(CCO)C5=O)c3)cc2C1. The van der Waals surface area contributed by atoms with Gasteiger partial charge in [-0.25, -0.2) is 0 Å². The van der Waals surface area contributed by atoms with E-state index in [2.05, 4.69) is 28.6 Å². The zero-order valence-corrected chi connectivity index (χ0v) is 21.0. The van der Waals surface area contributed by atoms with Gasteiger partial charge in [0.15, 0.2) is 0 Å². The number of hydrogen-bond donors (Lipinski definition) is 3. The second-order valence-electron chi connectivity index (χ2n) is 9.55. The Morgan fingerprint density at radius 3 is 2.50 bits per heavy atom. The maximum absolute atomic E-state index is 12.9. The number of nitrogens with zero attached hydrogens (tertiary/aromatic N) is 2. The number of fused-ring (bicyclic) bond motifs is 2. The lowest BCUT2D eigenvalue weighted by Crippen LogP contribution is -2.32. The largest absolute Gasteiger partial charge is 0.395 e. The van der Waals surface area contributed by atoms with Crippen LogP contribution >= 0.6 is 0 Å². The number of likely N-dealkylation sites (N-methyl/N-ethyl adjacent to an activating group) is 1. The predicted molar refractivity (Wildman–Crippen MR) is 141 cm³/mol. The number of anilines is 1. The van der Waals surface area contributed by atoms with Crippen molar-refractivity contribution in [1.82, 2.24) is 15.1 Å². The number of aliphatic hydroxyl groups is 1. The van der Waals surface area contributed by atoms with Gasteiger partial charge in [0.05, 0.1) is 24.3 Å². The van der Waals surface area contributed by atoms with Gasteiger partial charge in [0.1, 0.15) is 0 Å². The molecule has 3 aromatic carbocycles. The Bertz CT molecular complexity index is 1450. The number of carbonyl (C=O) groups excluding carboxylic acids is 4. The Morgan fingerprint density at radius 1 is 0.895 bits per heavy atom. The van der Waals surface area contributed by atoms with Gasteiger partial charge >= 0.3 is 0 Å². The lowest BCUT2D eigenvalue weighted by Gasteiger charge is -2.25. The standard InChI is InChI=1S/C29H28N4O5/c1-32-10-9-19-5-7-23(14-22(19)17-32)31-27(36)20-4-2-3-18(13-20)16-30-26(35)21-6-8-24-25(15-21)29(38)33(11-12-34)28(24)37/h2-8,13-15,34H,9-12,16-17H2,1H3,(H,30,35)(H,31,36). The molecule has 2 aliphatic heterocycles. The molecule has 9 nitrogen and oxygen atoms in total. The lowest BCUT2D eigenvalue weighted by atomic mass is 9.99. The molecule has 2 heterocycles. The molecule has 0 aliphatic carbocycles. The number of nitrogens with one attached hydrogen (secondary N) is 2. The first-order valence-corrected chi connectivity index (χ1v) is 12.4. The molecule has 0 fully saturated rings. The average Bonchev–Trinajstić information content (AvgIpc) is 3.16. The quantitative estimate of drug-likeness (QED) is 0.419. The van der Waals surface area contributed by atoms with Crippen LogP contribution in [0.5, 0.6) is 0 Å². The van der Waals surface area contributed by atoms with E-state index in [1.165, 1.54) is 29.3 Å². The summed E-state index contributed by atoms with van der Waals surface area (Å²) in [6.45, 7) is 1.62. The van der Waals surface area contributed by atoms with Crippen LogP contribution in [-0.4, -0.2) is 65.3 Å². The van der Waals surface area contributed by atoms with Crippen LogP contribution in [0.3, 0.4) is 0 Å². The zero-order valence-electron chi connectivity index (χ0n) is 21.0. The van der Waals surface area contributed by atoms with E-state index in [9.17, 15) is 19.2 Å². The summed E-state index contributed by atoms with van der Waals surface area (Å²) in [7, 11) is 2.08. The Hall–Kier alpha value is -4.34. The molecule has 0 atom stereocenters. The average molecular weight is 513 g/mol. The van der Waals surface area contributed by atoms with Gasteiger partial charge in [-0.1, -0.05) is 18.2 Å². The monoisotopic (exact) mass is 512 g/mol. The molecule has 0 aromatic heterocycles. The van der Waals surface area contributed by atoms with E-state index in [0.29, 0.717) is 5.56 Å². The highest BCUT2D eigenvalue weighted by molar-refractivity contribution is 6.22. The molecule has 0 spiro atoms. The van der Waals surface area contributed by atoms with Crippen molar-refractivity contribution in [3.63, 3.8) is 0 Å². The van der Waals surface area contributed by atoms with Crippen molar-refractivity contribution in [3.8, 4) is 0 Å². The maximum Gasteiger partial charge on any atom is 0.261 e. The van der Waals surface area contributed by atoms with Gasteiger partial charge in [0.2, 0.25) is 0 Å². The molecule has 0 saturated heterocycles. The van der Waals surface area contributed by atoms with E-state index in [1.54, 1.807) is 18.2 Å². The highest BCUT2D eigenvalue weighted by Gasteiger charge is 2.35. The van der Waals surface area contributed by atoms with Crippen molar-refractivity contribution < 1.29 is 24.3 Å². The van der Waals surface area contributed by atoms with Gasteiger partial charge in [0, 0.05) is 36.4 Å². The van der Waals surface area contributed by atoms with Crippen molar-refractivity contribution in [2.45, 2.75) is 19.5 Å². The number of amides is 4. The van der Waals surface area contributed by atoms with E-state index < -0.39 is 17.7 Å². The highest BCUT2D eigenvalue weighted by Crippen LogP contribution is 2.24. The smallest absolute Gasteiger partial charge is 0.261 e. The van der Waals surface area contributed by atoms with Crippen LogP contribution < -0.4 is 10.6 Å². The van der Waals surface area contributed by atoms with Crippen LogP contribution in [0.15, 0.2) is 60.7 Å². The minimum absolute atomic E-state index is 0.0956. The number of hydrogen-bond acceptors (Lipinski definition) is 6. The van der Waals surface area contributed by atoms with Gasteiger partial charge in [0.25, 0.3) is 23.6 Å². The third-order valence-electron chi connectivity index (χ3n) is 6.87. The molecule has 0 saturated carbocycles. The molecule has 9 heteroatoms. The second kappa shape index (κ2) is 10.6. The number of carbonyl (C=O) groups is 4. The van der Waals surface area contributed by atoms with Crippen LogP contribution in [0.25, 0.3) is 0 Å². The van der Waals surface area contributed by atoms with Gasteiger partial charge in [-0.15, -0.1) is 0 Å². The molecule has 38 heavy (non-hydrogen) atoms. The first-order chi connectivity index (χ1) is 18.3. The summed E-state index contributed by atoms with van der Waals surface area (Å²) in [5, 5.41) is 14.9. The lowest BCUT2D eigenvalue weighted by molar-refractivity contribution is 0.0623. The molecule has 0 bridgehead atoms. The fourth-order valence-corrected chi connectivity index (χ4v) is 4.82. The zero-order chi connectivity index (χ0) is 26.8. The van der Waals surface area contributed by atoms with E-state index in [1.807, 2.05) is 18.2 Å². The number of benzene rings is 3. The van der Waals surface area contributed by atoms with Crippen LogP contribution in [-0.2, 0) is 19.5 Å². The predicted octanol–water partition coefficient (Wildman–Crippen LogP) is 2.45. The molecule has 3 N–H and O–H groups in total. The van der Waals surface area contributed by atoms with Crippen LogP contribution in [0, 0.1) is 0 Å². The number of imide groups is 1. The van der Waals surface area contributed by atoms with Gasteiger partial charge < -0.3 is 20.6 Å². The first kappa shape index (κ1) is 25.3. The first-order valence-electron chi connectivity index (χ1n) is 12.4. The Labute approximate surface area is 220 Å². The highest BCUT2D eigenvalue weighted by atomic mass is 16.3. The number of aliphatic hydroxyl groups excluding tert-OH is 1. The maximum atomic E-state index is 12.9. The van der Waals surface area contributed by atoms with E-state index >= 15 is 0 Å². The van der Waals surface area contributed by atoms with E-state index in [0.717, 1.165) is 35.7 Å². The van der Waals surface area contributed by atoms with Crippen molar-refractivity contribution in [2.75, 3.05) is 32.1 Å². The van der Waals surface area contributed by atoms with Crippen molar-refractivity contribution in [1.29, 1.82) is 0 Å². The fraction of sp³-hybridized carbons (Fsp3) is 0.241.